The van der Waals surface area contributed by atoms with Crippen molar-refractivity contribution >= 4 is 38.9 Å². The van der Waals surface area contributed by atoms with Crippen molar-refractivity contribution in [1.82, 2.24) is 0 Å². The fraction of sp³-hybridized carbons (Fsp3) is 0.214. The van der Waals surface area contributed by atoms with E-state index in [1.54, 1.807) is 29.5 Å². The number of anilines is 1. The first-order chi connectivity index (χ1) is 9.11. The molecule has 2 N–H and O–H groups in total. The van der Waals surface area contributed by atoms with Gasteiger partial charge in [-0.1, -0.05) is 13.0 Å². The number of hydrogen-bond donors (Lipinski definition) is 1. The monoisotopic (exact) mass is 339 g/mol. The van der Waals surface area contributed by atoms with Gasteiger partial charge in [0, 0.05) is 15.4 Å². The molecule has 0 saturated carbocycles. The van der Waals surface area contributed by atoms with Crippen LogP contribution in [-0.4, -0.2) is 5.97 Å². The van der Waals surface area contributed by atoms with Crippen LogP contribution in [-0.2, 0) is 17.8 Å². The van der Waals surface area contributed by atoms with E-state index in [1.165, 1.54) is 4.88 Å². The summed E-state index contributed by atoms with van der Waals surface area (Å²) in [5.41, 5.74) is 6.71. The molecule has 0 amide bonds. The summed E-state index contributed by atoms with van der Waals surface area (Å²) in [6.07, 6.45) is 0.999. The van der Waals surface area contributed by atoms with Crippen LogP contribution in [0.5, 0.6) is 0 Å². The molecule has 19 heavy (non-hydrogen) atoms. The number of ether oxygens (including phenoxy) is 1. The lowest BCUT2D eigenvalue weighted by Gasteiger charge is -2.06. The molecular weight excluding hydrogens is 326 g/mol. The van der Waals surface area contributed by atoms with Crippen LogP contribution in [0, 0.1) is 0 Å². The second-order valence-corrected chi connectivity index (χ2v) is 6.05. The number of rotatable bonds is 4. The standard InChI is InChI=1S/C14H14BrNO2S/c1-2-9-6-7-10(19-9)8-18-14(17)11-4-3-5-12(16)13(11)15/h3-7H,2,8,16H2,1H3. The lowest BCUT2D eigenvalue weighted by atomic mass is 10.2. The Morgan fingerprint density at radius 1 is 1.32 bits per heavy atom. The van der Waals surface area contributed by atoms with Gasteiger partial charge in [0.2, 0.25) is 0 Å². The predicted octanol–water partition coefficient (Wildman–Crippen LogP) is 4.01. The maximum atomic E-state index is 12.0. The van der Waals surface area contributed by atoms with Crippen LogP contribution < -0.4 is 5.73 Å². The smallest absolute Gasteiger partial charge is 0.339 e. The highest BCUT2D eigenvalue weighted by atomic mass is 79.9. The Bertz CT molecular complexity index is 595. The number of nitrogens with two attached hydrogens (primary N) is 1. The molecule has 0 aliphatic rings. The molecule has 5 heteroatoms. The molecule has 1 aromatic carbocycles. The number of carbonyl (C=O) groups is 1. The Hall–Kier alpha value is -1.33. The van der Waals surface area contributed by atoms with E-state index in [0.717, 1.165) is 11.3 Å². The highest BCUT2D eigenvalue weighted by Gasteiger charge is 2.13. The summed E-state index contributed by atoms with van der Waals surface area (Å²) in [7, 11) is 0. The van der Waals surface area contributed by atoms with Crippen molar-refractivity contribution in [2.24, 2.45) is 0 Å². The average molecular weight is 340 g/mol. The molecule has 2 rings (SSSR count). The molecular formula is C14H14BrNO2S. The van der Waals surface area contributed by atoms with Crippen molar-refractivity contribution < 1.29 is 9.53 Å². The summed E-state index contributed by atoms with van der Waals surface area (Å²) in [4.78, 5) is 14.3. The van der Waals surface area contributed by atoms with Gasteiger partial charge in [0.25, 0.3) is 0 Å². The Kier molecular flexibility index (Phi) is 4.61. The van der Waals surface area contributed by atoms with Gasteiger partial charge in [-0.05, 0) is 46.6 Å². The molecule has 0 spiro atoms. The molecule has 0 aliphatic carbocycles. The average Bonchev–Trinajstić information content (AvgIpc) is 2.87. The zero-order chi connectivity index (χ0) is 13.8. The first-order valence-electron chi connectivity index (χ1n) is 5.90. The van der Waals surface area contributed by atoms with Crippen molar-refractivity contribution in [3.8, 4) is 0 Å². The third-order valence-electron chi connectivity index (χ3n) is 2.66. The molecule has 1 heterocycles. The Morgan fingerprint density at radius 3 is 2.74 bits per heavy atom. The molecule has 0 aliphatic heterocycles. The summed E-state index contributed by atoms with van der Waals surface area (Å²) in [5, 5.41) is 0. The quantitative estimate of drug-likeness (QED) is 0.676. The van der Waals surface area contributed by atoms with E-state index in [2.05, 4.69) is 28.9 Å². The first kappa shape index (κ1) is 14.1. The first-order valence-corrected chi connectivity index (χ1v) is 7.51. The van der Waals surface area contributed by atoms with Crippen LogP contribution in [0.25, 0.3) is 0 Å². The van der Waals surface area contributed by atoms with Crippen molar-refractivity contribution in [1.29, 1.82) is 0 Å². The van der Waals surface area contributed by atoms with Crippen LogP contribution in [0.2, 0.25) is 0 Å². The third kappa shape index (κ3) is 3.36. The minimum absolute atomic E-state index is 0.296. The number of aryl methyl sites for hydroxylation is 1. The molecule has 0 saturated heterocycles. The number of thiophene rings is 1. The summed E-state index contributed by atoms with van der Waals surface area (Å²) in [6, 6.07) is 9.20. The van der Waals surface area contributed by atoms with Gasteiger partial charge in [-0.3, -0.25) is 0 Å². The molecule has 2 aromatic rings. The van der Waals surface area contributed by atoms with E-state index >= 15 is 0 Å². The van der Waals surface area contributed by atoms with Crippen LogP contribution in [0.3, 0.4) is 0 Å². The van der Waals surface area contributed by atoms with Gasteiger partial charge in [0.1, 0.15) is 6.61 Å². The number of halogens is 1. The second kappa shape index (κ2) is 6.21. The summed E-state index contributed by atoms with van der Waals surface area (Å²) >= 11 is 4.96. The van der Waals surface area contributed by atoms with E-state index in [4.69, 9.17) is 10.5 Å². The molecule has 1 aromatic heterocycles. The van der Waals surface area contributed by atoms with E-state index in [9.17, 15) is 4.79 Å². The molecule has 0 radical (unpaired) electrons. The van der Waals surface area contributed by atoms with Gasteiger partial charge < -0.3 is 10.5 Å². The van der Waals surface area contributed by atoms with Crippen LogP contribution >= 0.6 is 27.3 Å². The van der Waals surface area contributed by atoms with E-state index in [-0.39, 0.29) is 5.97 Å². The normalized spacial score (nSPS) is 10.4. The minimum atomic E-state index is -0.370. The molecule has 100 valence electrons. The van der Waals surface area contributed by atoms with E-state index < -0.39 is 0 Å². The van der Waals surface area contributed by atoms with Gasteiger partial charge in [0.15, 0.2) is 0 Å². The van der Waals surface area contributed by atoms with Gasteiger partial charge in [-0.15, -0.1) is 11.3 Å². The number of hydrogen-bond acceptors (Lipinski definition) is 4. The van der Waals surface area contributed by atoms with Crippen molar-refractivity contribution in [2.45, 2.75) is 20.0 Å². The van der Waals surface area contributed by atoms with E-state index in [1.807, 2.05) is 6.07 Å². The van der Waals surface area contributed by atoms with Gasteiger partial charge >= 0.3 is 5.97 Å². The Balaban J connectivity index is 2.03. The minimum Gasteiger partial charge on any atom is -0.456 e. The van der Waals surface area contributed by atoms with Crippen molar-refractivity contribution in [3.63, 3.8) is 0 Å². The SMILES string of the molecule is CCc1ccc(COC(=O)c2cccc(N)c2Br)s1. The summed E-state index contributed by atoms with van der Waals surface area (Å²) in [6.45, 7) is 2.40. The summed E-state index contributed by atoms with van der Waals surface area (Å²) < 4.78 is 5.88. The lowest BCUT2D eigenvalue weighted by Crippen LogP contribution is -2.06. The molecule has 3 nitrogen and oxygen atoms in total. The van der Waals surface area contributed by atoms with Crippen molar-refractivity contribution in [2.75, 3.05) is 5.73 Å². The Morgan fingerprint density at radius 2 is 2.05 bits per heavy atom. The van der Waals surface area contributed by atoms with Crippen LogP contribution in [0.15, 0.2) is 34.8 Å². The lowest BCUT2D eigenvalue weighted by molar-refractivity contribution is 0.0476. The van der Waals surface area contributed by atoms with Crippen LogP contribution in [0.1, 0.15) is 27.0 Å². The predicted molar refractivity (Wildman–Crippen MR) is 81.4 cm³/mol. The summed E-state index contributed by atoms with van der Waals surface area (Å²) in [5.74, 6) is -0.370. The topological polar surface area (TPSA) is 52.3 Å². The van der Waals surface area contributed by atoms with Gasteiger partial charge in [-0.25, -0.2) is 4.79 Å². The fourth-order valence-corrected chi connectivity index (χ4v) is 2.91. The van der Waals surface area contributed by atoms with Gasteiger partial charge in [-0.2, -0.15) is 0 Å². The Labute approximate surface area is 124 Å². The molecule has 0 unspecified atom stereocenters. The third-order valence-corrected chi connectivity index (χ3v) is 4.75. The molecule has 0 atom stereocenters. The number of carbonyl (C=O) groups excluding carboxylic acids is 1. The zero-order valence-corrected chi connectivity index (χ0v) is 12.9. The molecule has 0 bridgehead atoms. The fourth-order valence-electron chi connectivity index (χ4n) is 1.61. The van der Waals surface area contributed by atoms with E-state index in [0.29, 0.717) is 22.3 Å². The van der Waals surface area contributed by atoms with Crippen molar-refractivity contribution in [3.05, 3.63) is 50.1 Å². The number of nitrogen functional groups attached to an aromatic ring is 1. The van der Waals surface area contributed by atoms with Gasteiger partial charge in [0.05, 0.1) is 10.0 Å². The largest absolute Gasteiger partial charge is 0.456 e. The number of esters is 1. The number of benzene rings is 1. The second-order valence-electron chi connectivity index (χ2n) is 4.01. The highest BCUT2D eigenvalue weighted by molar-refractivity contribution is 9.10. The zero-order valence-electron chi connectivity index (χ0n) is 10.5. The maximum Gasteiger partial charge on any atom is 0.339 e. The molecule has 0 fully saturated rings. The highest BCUT2D eigenvalue weighted by Crippen LogP contribution is 2.25. The maximum absolute atomic E-state index is 12.0. The van der Waals surface area contributed by atoms with Crippen LogP contribution in [0.4, 0.5) is 5.69 Å².